The molecule has 0 saturated heterocycles. The minimum absolute atomic E-state index is 0.0905. The molecule has 0 unspecified atom stereocenters. The van der Waals surface area contributed by atoms with E-state index in [9.17, 15) is 9.59 Å². The second-order valence-corrected chi connectivity index (χ2v) is 6.46. The summed E-state index contributed by atoms with van der Waals surface area (Å²) < 4.78 is 0. The summed E-state index contributed by atoms with van der Waals surface area (Å²) in [6.45, 7) is 3.35. The van der Waals surface area contributed by atoms with E-state index in [1.165, 1.54) is 5.56 Å². The molecule has 0 fully saturated rings. The summed E-state index contributed by atoms with van der Waals surface area (Å²) in [6, 6.07) is 15.4. The maximum Gasteiger partial charge on any atom is 0.251 e. The van der Waals surface area contributed by atoms with Crippen LogP contribution in [0.4, 0.5) is 5.69 Å². The van der Waals surface area contributed by atoms with Crippen molar-refractivity contribution in [3.63, 3.8) is 0 Å². The zero-order valence-corrected chi connectivity index (χ0v) is 14.6. The molecule has 25 heavy (non-hydrogen) atoms. The summed E-state index contributed by atoms with van der Waals surface area (Å²) in [7, 11) is 0. The van der Waals surface area contributed by atoms with Crippen LogP contribution in [0.2, 0.25) is 0 Å². The molecule has 130 valence electrons. The third-order valence-corrected chi connectivity index (χ3v) is 4.61. The van der Waals surface area contributed by atoms with E-state index in [0.29, 0.717) is 24.9 Å². The van der Waals surface area contributed by atoms with Gasteiger partial charge in [-0.05, 0) is 49.4 Å². The number of nitrogens with zero attached hydrogens (tertiary/aromatic N) is 1. The first-order chi connectivity index (χ1) is 12.2. The SMILES string of the molecule is Cc1cccc2c1N(C(=O)CCCNC(=O)c1ccccc1)CCC2. The molecule has 4 heteroatoms. The molecule has 1 aliphatic heterocycles. The predicted octanol–water partition coefficient (Wildman–Crippen LogP) is 3.48. The fourth-order valence-corrected chi connectivity index (χ4v) is 3.36. The first-order valence-corrected chi connectivity index (χ1v) is 8.89. The molecular weight excluding hydrogens is 312 g/mol. The van der Waals surface area contributed by atoms with Crippen LogP contribution in [0.1, 0.15) is 40.7 Å². The number of amides is 2. The molecule has 2 aromatic rings. The summed E-state index contributed by atoms with van der Waals surface area (Å²) in [5, 5.41) is 2.88. The molecule has 0 spiro atoms. The Kier molecular flexibility index (Phi) is 5.49. The molecular formula is C21H24N2O2. The average Bonchev–Trinajstić information content (AvgIpc) is 2.65. The van der Waals surface area contributed by atoms with Crippen LogP contribution >= 0.6 is 0 Å². The van der Waals surface area contributed by atoms with E-state index in [0.717, 1.165) is 30.6 Å². The number of hydrogen-bond acceptors (Lipinski definition) is 2. The van der Waals surface area contributed by atoms with Crippen LogP contribution < -0.4 is 10.2 Å². The standard InChI is InChI=1S/C21H24N2O2/c1-16-8-5-11-17-12-7-15-23(20(16)17)19(24)13-6-14-22-21(25)18-9-3-2-4-10-18/h2-5,8-11H,6-7,12-15H2,1H3,(H,22,25). The monoisotopic (exact) mass is 336 g/mol. The maximum absolute atomic E-state index is 12.6. The van der Waals surface area contributed by atoms with E-state index < -0.39 is 0 Å². The van der Waals surface area contributed by atoms with Crippen molar-refractivity contribution in [1.82, 2.24) is 5.32 Å². The number of hydrogen-bond donors (Lipinski definition) is 1. The quantitative estimate of drug-likeness (QED) is 0.850. The Morgan fingerprint density at radius 1 is 1.08 bits per heavy atom. The van der Waals surface area contributed by atoms with Gasteiger partial charge in [0.15, 0.2) is 0 Å². The summed E-state index contributed by atoms with van der Waals surface area (Å²) in [6.07, 6.45) is 3.14. The minimum atomic E-state index is -0.0905. The third kappa shape index (κ3) is 4.08. The number of benzene rings is 2. The molecule has 0 radical (unpaired) electrons. The summed E-state index contributed by atoms with van der Waals surface area (Å²) in [5.41, 5.74) is 4.15. The molecule has 1 N–H and O–H groups in total. The maximum atomic E-state index is 12.6. The second-order valence-electron chi connectivity index (χ2n) is 6.46. The second kappa shape index (κ2) is 7.97. The molecule has 1 aliphatic rings. The van der Waals surface area contributed by atoms with Crippen LogP contribution in [-0.4, -0.2) is 24.9 Å². The highest BCUT2D eigenvalue weighted by molar-refractivity contribution is 5.96. The van der Waals surface area contributed by atoms with Gasteiger partial charge in [0.05, 0.1) is 0 Å². The molecule has 2 amide bonds. The normalized spacial score (nSPS) is 13.2. The lowest BCUT2D eigenvalue weighted by molar-refractivity contribution is -0.118. The Bertz CT molecular complexity index is 756. The number of nitrogens with one attached hydrogen (secondary N) is 1. The van der Waals surface area contributed by atoms with Crippen molar-refractivity contribution in [3.05, 3.63) is 65.2 Å². The van der Waals surface area contributed by atoms with Crippen LogP contribution in [0, 0.1) is 6.92 Å². The number of anilines is 1. The number of aryl methyl sites for hydroxylation is 2. The van der Waals surface area contributed by atoms with Gasteiger partial charge in [0.1, 0.15) is 0 Å². The van der Waals surface area contributed by atoms with Crippen LogP contribution in [-0.2, 0) is 11.2 Å². The Morgan fingerprint density at radius 3 is 2.68 bits per heavy atom. The molecule has 3 rings (SSSR count). The van der Waals surface area contributed by atoms with Crippen molar-refractivity contribution < 1.29 is 9.59 Å². The summed E-state index contributed by atoms with van der Waals surface area (Å²) in [4.78, 5) is 26.6. The fourth-order valence-electron chi connectivity index (χ4n) is 3.36. The summed E-state index contributed by atoms with van der Waals surface area (Å²) in [5.74, 6) is 0.0522. The highest BCUT2D eigenvalue weighted by atomic mass is 16.2. The topological polar surface area (TPSA) is 49.4 Å². The van der Waals surface area contributed by atoms with E-state index >= 15 is 0 Å². The molecule has 2 aromatic carbocycles. The van der Waals surface area contributed by atoms with Gasteiger partial charge in [0.25, 0.3) is 5.91 Å². The number of carbonyl (C=O) groups excluding carboxylic acids is 2. The third-order valence-electron chi connectivity index (χ3n) is 4.61. The van der Waals surface area contributed by atoms with Crippen molar-refractivity contribution in [2.75, 3.05) is 18.0 Å². The van der Waals surface area contributed by atoms with E-state index in [1.807, 2.05) is 23.1 Å². The predicted molar refractivity (Wildman–Crippen MR) is 99.9 cm³/mol. The van der Waals surface area contributed by atoms with Gasteiger partial charge in [-0.2, -0.15) is 0 Å². The van der Waals surface area contributed by atoms with Crippen LogP contribution in [0.25, 0.3) is 0 Å². The number of rotatable bonds is 5. The van der Waals surface area contributed by atoms with Gasteiger partial charge in [-0.3, -0.25) is 9.59 Å². The van der Waals surface area contributed by atoms with Crippen molar-refractivity contribution in [1.29, 1.82) is 0 Å². The molecule has 0 atom stereocenters. The van der Waals surface area contributed by atoms with Crippen LogP contribution in [0.15, 0.2) is 48.5 Å². The highest BCUT2D eigenvalue weighted by Gasteiger charge is 2.23. The molecule has 1 heterocycles. The minimum Gasteiger partial charge on any atom is -0.352 e. The lowest BCUT2D eigenvalue weighted by atomic mass is 9.98. The van der Waals surface area contributed by atoms with Gasteiger partial charge in [0.2, 0.25) is 5.91 Å². The van der Waals surface area contributed by atoms with Crippen molar-refractivity contribution in [2.24, 2.45) is 0 Å². The molecule has 4 nitrogen and oxygen atoms in total. The van der Waals surface area contributed by atoms with Gasteiger partial charge < -0.3 is 10.2 Å². The largest absolute Gasteiger partial charge is 0.352 e. The number of para-hydroxylation sites is 1. The van der Waals surface area contributed by atoms with Crippen molar-refractivity contribution >= 4 is 17.5 Å². The number of fused-ring (bicyclic) bond motifs is 1. The first-order valence-electron chi connectivity index (χ1n) is 8.89. The molecule has 0 bridgehead atoms. The van der Waals surface area contributed by atoms with Gasteiger partial charge in [-0.25, -0.2) is 0 Å². The van der Waals surface area contributed by atoms with Crippen molar-refractivity contribution in [2.45, 2.75) is 32.6 Å². The zero-order valence-electron chi connectivity index (χ0n) is 14.6. The van der Waals surface area contributed by atoms with Gasteiger partial charge in [-0.15, -0.1) is 0 Å². The van der Waals surface area contributed by atoms with E-state index in [1.54, 1.807) is 12.1 Å². The van der Waals surface area contributed by atoms with Gasteiger partial charge >= 0.3 is 0 Å². The lowest BCUT2D eigenvalue weighted by Crippen LogP contribution is -2.36. The number of carbonyl (C=O) groups is 2. The lowest BCUT2D eigenvalue weighted by Gasteiger charge is -2.31. The van der Waals surface area contributed by atoms with Crippen molar-refractivity contribution in [3.8, 4) is 0 Å². The van der Waals surface area contributed by atoms with Gasteiger partial charge in [-0.1, -0.05) is 36.4 Å². The van der Waals surface area contributed by atoms with E-state index in [2.05, 4.69) is 30.4 Å². The van der Waals surface area contributed by atoms with E-state index in [-0.39, 0.29) is 11.8 Å². The van der Waals surface area contributed by atoms with Crippen LogP contribution in [0.5, 0.6) is 0 Å². The Labute approximate surface area is 148 Å². The Balaban J connectivity index is 1.52. The molecule has 0 aliphatic carbocycles. The van der Waals surface area contributed by atoms with E-state index in [4.69, 9.17) is 0 Å². The molecule has 0 saturated carbocycles. The zero-order chi connectivity index (χ0) is 17.6. The fraction of sp³-hybridized carbons (Fsp3) is 0.333. The first kappa shape index (κ1) is 17.2. The Hall–Kier alpha value is -2.62. The molecule has 0 aromatic heterocycles. The average molecular weight is 336 g/mol. The highest BCUT2D eigenvalue weighted by Crippen LogP contribution is 2.30. The Morgan fingerprint density at radius 2 is 1.88 bits per heavy atom. The summed E-state index contributed by atoms with van der Waals surface area (Å²) >= 11 is 0. The van der Waals surface area contributed by atoms with Gasteiger partial charge in [0, 0.05) is 30.8 Å². The van der Waals surface area contributed by atoms with Crippen LogP contribution in [0.3, 0.4) is 0 Å². The smallest absolute Gasteiger partial charge is 0.251 e.